The Morgan fingerprint density at radius 3 is 2.30 bits per heavy atom. The highest BCUT2D eigenvalue weighted by atomic mass is 19.2. The van der Waals surface area contributed by atoms with Gasteiger partial charge >= 0.3 is 11.8 Å². The molecule has 0 aliphatic carbocycles. The number of hydrogen-bond acceptors (Lipinski definition) is 3. The van der Waals surface area contributed by atoms with E-state index in [9.17, 15) is 18.4 Å². The molecule has 0 atom stereocenters. The number of carbonyl (C=O) groups excluding carboxylic acids is 2. The molecule has 2 N–H and O–H groups in total. The summed E-state index contributed by atoms with van der Waals surface area (Å²) < 4.78 is 30.8. The smallest absolute Gasteiger partial charge is 0.313 e. The number of anilines is 1. The van der Waals surface area contributed by atoms with Gasteiger partial charge in [0.15, 0.2) is 11.6 Å². The number of methoxy groups -OCH3 is 1. The zero-order valence-corrected chi connectivity index (χ0v) is 12.2. The molecule has 2 rings (SSSR count). The lowest BCUT2D eigenvalue weighted by Crippen LogP contribution is -2.34. The van der Waals surface area contributed by atoms with E-state index in [0.717, 1.165) is 23.8 Å². The molecule has 0 heterocycles. The van der Waals surface area contributed by atoms with Crippen molar-refractivity contribution in [1.82, 2.24) is 5.32 Å². The minimum atomic E-state index is -1.11. The van der Waals surface area contributed by atoms with Gasteiger partial charge in [0.05, 0.1) is 7.11 Å². The number of nitrogens with one attached hydrogen (secondary N) is 2. The van der Waals surface area contributed by atoms with E-state index in [1.165, 1.54) is 0 Å². The van der Waals surface area contributed by atoms with Crippen molar-refractivity contribution in [2.75, 3.05) is 12.4 Å². The fourth-order valence-electron chi connectivity index (χ4n) is 1.77. The molecule has 0 spiro atoms. The van der Waals surface area contributed by atoms with E-state index in [1.54, 1.807) is 31.4 Å². The quantitative estimate of drug-likeness (QED) is 0.849. The van der Waals surface area contributed by atoms with Gasteiger partial charge in [0.25, 0.3) is 0 Å². The molecule has 0 bridgehead atoms. The summed E-state index contributed by atoms with van der Waals surface area (Å²) >= 11 is 0. The molecular weight excluding hydrogens is 306 g/mol. The fraction of sp³-hybridized carbons (Fsp3) is 0.125. The van der Waals surface area contributed by atoms with Crippen molar-refractivity contribution < 1.29 is 23.1 Å². The summed E-state index contributed by atoms with van der Waals surface area (Å²) in [4.78, 5) is 23.4. The van der Waals surface area contributed by atoms with E-state index in [4.69, 9.17) is 4.74 Å². The predicted octanol–water partition coefficient (Wildman–Crippen LogP) is 2.23. The molecule has 2 amide bonds. The van der Waals surface area contributed by atoms with Gasteiger partial charge in [-0.25, -0.2) is 8.78 Å². The van der Waals surface area contributed by atoms with Gasteiger partial charge in [-0.3, -0.25) is 9.59 Å². The third-order valence-corrected chi connectivity index (χ3v) is 3.00. The highest BCUT2D eigenvalue weighted by Gasteiger charge is 2.14. The van der Waals surface area contributed by atoms with E-state index >= 15 is 0 Å². The number of ether oxygens (including phenoxy) is 1. The molecule has 0 fully saturated rings. The summed E-state index contributed by atoms with van der Waals surface area (Å²) in [5, 5.41) is 4.61. The standard InChI is InChI=1S/C16H14F2N2O3/c1-23-12-5-2-10(3-6-12)9-19-15(21)16(22)20-11-4-7-13(17)14(18)8-11/h2-8H,9H2,1H3,(H,19,21)(H,20,22). The van der Waals surface area contributed by atoms with Crippen LogP contribution < -0.4 is 15.4 Å². The van der Waals surface area contributed by atoms with Crippen LogP contribution >= 0.6 is 0 Å². The van der Waals surface area contributed by atoms with Crippen LogP contribution in [0.15, 0.2) is 42.5 Å². The van der Waals surface area contributed by atoms with Crippen LogP contribution in [-0.2, 0) is 16.1 Å². The Balaban J connectivity index is 1.89. The van der Waals surface area contributed by atoms with Crippen molar-refractivity contribution in [2.45, 2.75) is 6.54 Å². The van der Waals surface area contributed by atoms with Crippen molar-refractivity contribution in [3.8, 4) is 5.75 Å². The van der Waals surface area contributed by atoms with Crippen LogP contribution in [0.5, 0.6) is 5.75 Å². The van der Waals surface area contributed by atoms with E-state index in [0.29, 0.717) is 5.75 Å². The minimum absolute atomic E-state index is 0.00602. The summed E-state index contributed by atoms with van der Waals surface area (Å²) in [6.07, 6.45) is 0. The zero-order chi connectivity index (χ0) is 16.8. The number of amides is 2. The Morgan fingerprint density at radius 2 is 1.70 bits per heavy atom. The third kappa shape index (κ3) is 4.50. The molecule has 23 heavy (non-hydrogen) atoms. The summed E-state index contributed by atoms with van der Waals surface area (Å²) in [7, 11) is 1.54. The normalized spacial score (nSPS) is 10.0. The summed E-state index contributed by atoms with van der Waals surface area (Å²) in [6.45, 7) is 0.147. The fourth-order valence-corrected chi connectivity index (χ4v) is 1.77. The van der Waals surface area contributed by atoms with Crippen LogP contribution in [0.25, 0.3) is 0 Å². The van der Waals surface area contributed by atoms with Crippen LogP contribution in [0.3, 0.4) is 0 Å². The van der Waals surface area contributed by atoms with Crippen molar-refractivity contribution in [3.63, 3.8) is 0 Å². The van der Waals surface area contributed by atoms with Gasteiger partial charge in [0.2, 0.25) is 0 Å². The number of benzene rings is 2. The van der Waals surface area contributed by atoms with Crippen LogP contribution in [0, 0.1) is 11.6 Å². The third-order valence-electron chi connectivity index (χ3n) is 3.00. The highest BCUT2D eigenvalue weighted by Crippen LogP contribution is 2.13. The first-order valence-electron chi connectivity index (χ1n) is 6.67. The molecule has 0 radical (unpaired) electrons. The highest BCUT2D eigenvalue weighted by molar-refractivity contribution is 6.39. The van der Waals surface area contributed by atoms with E-state index in [2.05, 4.69) is 10.6 Å². The van der Waals surface area contributed by atoms with E-state index < -0.39 is 23.4 Å². The van der Waals surface area contributed by atoms with Gasteiger partial charge in [-0.15, -0.1) is 0 Å². The Bertz CT molecular complexity index is 718. The lowest BCUT2D eigenvalue weighted by atomic mass is 10.2. The van der Waals surface area contributed by atoms with Gasteiger partial charge in [-0.1, -0.05) is 12.1 Å². The van der Waals surface area contributed by atoms with Crippen molar-refractivity contribution in [2.24, 2.45) is 0 Å². The SMILES string of the molecule is COc1ccc(CNC(=O)C(=O)Nc2ccc(F)c(F)c2)cc1. The van der Waals surface area contributed by atoms with Gasteiger partial charge in [0, 0.05) is 18.3 Å². The molecule has 120 valence electrons. The largest absolute Gasteiger partial charge is 0.497 e. The van der Waals surface area contributed by atoms with Crippen molar-refractivity contribution in [1.29, 1.82) is 0 Å². The number of hydrogen-bond donors (Lipinski definition) is 2. The maximum absolute atomic E-state index is 13.0. The first-order chi connectivity index (χ1) is 11.0. The van der Waals surface area contributed by atoms with Crippen LogP contribution in [-0.4, -0.2) is 18.9 Å². The van der Waals surface area contributed by atoms with Crippen LogP contribution in [0.1, 0.15) is 5.56 Å². The number of carbonyl (C=O) groups is 2. The summed E-state index contributed by atoms with van der Waals surface area (Å²) in [6, 6.07) is 9.75. The molecule has 5 nitrogen and oxygen atoms in total. The van der Waals surface area contributed by atoms with Gasteiger partial charge in [-0.05, 0) is 29.8 Å². The molecule has 0 saturated heterocycles. The maximum Gasteiger partial charge on any atom is 0.313 e. The molecular formula is C16H14F2N2O3. The molecule has 2 aromatic rings. The van der Waals surface area contributed by atoms with E-state index in [-0.39, 0.29) is 12.2 Å². The second kappa shape index (κ2) is 7.35. The second-order valence-corrected chi connectivity index (χ2v) is 4.61. The number of halogens is 2. The van der Waals surface area contributed by atoms with Crippen molar-refractivity contribution >= 4 is 17.5 Å². The predicted molar refractivity (Wildman–Crippen MR) is 79.8 cm³/mol. The molecule has 7 heteroatoms. The average Bonchev–Trinajstić information content (AvgIpc) is 2.56. The Morgan fingerprint density at radius 1 is 1.00 bits per heavy atom. The Kier molecular flexibility index (Phi) is 5.24. The van der Waals surface area contributed by atoms with Gasteiger partial charge < -0.3 is 15.4 Å². The average molecular weight is 320 g/mol. The van der Waals surface area contributed by atoms with Crippen molar-refractivity contribution in [3.05, 3.63) is 59.7 Å². The van der Waals surface area contributed by atoms with Crippen LogP contribution in [0.4, 0.5) is 14.5 Å². The first-order valence-corrected chi connectivity index (χ1v) is 6.67. The Labute approximate surface area is 131 Å². The molecule has 0 saturated carbocycles. The second-order valence-electron chi connectivity index (χ2n) is 4.61. The molecule has 0 aromatic heterocycles. The monoisotopic (exact) mass is 320 g/mol. The minimum Gasteiger partial charge on any atom is -0.497 e. The van der Waals surface area contributed by atoms with Gasteiger partial charge in [0.1, 0.15) is 5.75 Å². The molecule has 2 aromatic carbocycles. The summed E-state index contributed by atoms with van der Waals surface area (Å²) in [5.74, 6) is -3.32. The first kappa shape index (κ1) is 16.4. The topological polar surface area (TPSA) is 67.4 Å². The summed E-state index contributed by atoms with van der Waals surface area (Å²) in [5.41, 5.74) is 0.772. The Hall–Kier alpha value is -2.96. The van der Waals surface area contributed by atoms with Gasteiger partial charge in [-0.2, -0.15) is 0 Å². The lowest BCUT2D eigenvalue weighted by Gasteiger charge is -2.07. The maximum atomic E-state index is 13.0. The molecule has 0 aliphatic rings. The number of rotatable bonds is 4. The van der Waals surface area contributed by atoms with E-state index in [1.807, 2.05) is 0 Å². The molecule has 0 aliphatic heterocycles. The lowest BCUT2D eigenvalue weighted by molar-refractivity contribution is -0.136. The van der Waals surface area contributed by atoms with Crippen LogP contribution in [0.2, 0.25) is 0 Å². The zero-order valence-electron chi connectivity index (χ0n) is 12.2. The molecule has 0 unspecified atom stereocenters.